The SMILES string of the molecule is CCN(C)C(=O)CNc1ncc(C)cc1N. The van der Waals surface area contributed by atoms with E-state index in [-0.39, 0.29) is 12.5 Å². The number of nitrogens with one attached hydrogen (secondary N) is 1. The standard InChI is InChI=1S/C11H18N4O/c1-4-15(3)10(16)7-14-11-9(12)5-8(2)6-13-11/h5-6H,4,7,12H2,1-3H3,(H,13,14). The van der Waals surface area contributed by atoms with Crippen LogP contribution in [0.3, 0.4) is 0 Å². The molecule has 0 bridgehead atoms. The fraction of sp³-hybridized carbons (Fsp3) is 0.455. The van der Waals surface area contributed by atoms with Gasteiger partial charge in [-0.05, 0) is 25.5 Å². The molecule has 0 atom stereocenters. The number of aromatic nitrogens is 1. The average molecular weight is 222 g/mol. The first-order chi connectivity index (χ1) is 7.54. The van der Waals surface area contributed by atoms with Gasteiger partial charge in [-0.2, -0.15) is 0 Å². The summed E-state index contributed by atoms with van der Waals surface area (Å²) in [5, 5.41) is 2.93. The number of nitrogens with two attached hydrogens (primary N) is 1. The highest BCUT2D eigenvalue weighted by atomic mass is 16.2. The second kappa shape index (κ2) is 5.34. The normalized spacial score (nSPS) is 9.94. The molecule has 0 saturated heterocycles. The zero-order valence-corrected chi connectivity index (χ0v) is 9.95. The maximum atomic E-state index is 11.5. The third-order valence-electron chi connectivity index (χ3n) is 2.36. The smallest absolute Gasteiger partial charge is 0.241 e. The quantitative estimate of drug-likeness (QED) is 0.792. The number of carbonyl (C=O) groups excluding carboxylic acids is 1. The Balaban J connectivity index is 2.58. The molecule has 5 nitrogen and oxygen atoms in total. The molecular weight excluding hydrogens is 204 g/mol. The lowest BCUT2D eigenvalue weighted by molar-refractivity contribution is -0.127. The number of hydrogen-bond acceptors (Lipinski definition) is 4. The van der Waals surface area contributed by atoms with Crippen LogP contribution >= 0.6 is 0 Å². The van der Waals surface area contributed by atoms with Gasteiger partial charge >= 0.3 is 0 Å². The van der Waals surface area contributed by atoms with Gasteiger partial charge in [-0.15, -0.1) is 0 Å². The molecule has 1 rings (SSSR count). The van der Waals surface area contributed by atoms with Crippen molar-refractivity contribution in [1.82, 2.24) is 9.88 Å². The van der Waals surface area contributed by atoms with Crippen LogP contribution < -0.4 is 11.1 Å². The van der Waals surface area contributed by atoms with Crippen molar-refractivity contribution >= 4 is 17.4 Å². The van der Waals surface area contributed by atoms with Gasteiger partial charge in [-0.25, -0.2) is 4.98 Å². The summed E-state index contributed by atoms with van der Waals surface area (Å²) < 4.78 is 0. The molecule has 0 aliphatic heterocycles. The molecule has 5 heteroatoms. The fourth-order valence-electron chi connectivity index (χ4n) is 1.21. The van der Waals surface area contributed by atoms with Crippen LogP contribution in [0.25, 0.3) is 0 Å². The second-order valence-corrected chi connectivity index (χ2v) is 3.71. The minimum Gasteiger partial charge on any atom is -0.396 e. The molecule has 88 valence electrons. The number of anilines is 2. The van der Waals surface area contributed by atoms with E-state index in [1.807, 2.05) is 19.9 Å². The molecule has 1 aromatic heterocycles. The van der Waals surface area contributed by atoms with Gasteiger partial charge in [0.1, 0.15) is 5.82 Å². The molecule has 0 aromatic carbocycles. The molecule has 1 aromatic rings. The van der Waals surface area contributed by atoms with Gasteiger partial charge in [0, 0.05) is 19.8 Å². The van der Waals surface area contributed by atoms with Crippen molar-refractivity contribution in [2.45, 2.75) is 13.8 Å². The summed E-state index contributed by atoms with van der Waals surface area (Å²) in [5.74, 6) is 0.577. The van der Waals surface area contributed by atoms with Crippen LogP contribution in [-0.2, 0) is 4.79 Å². The number of amides is 1. The molecule has 3 N–H and O–H groups in total. The van der Waals surface area contributed by atoms with Gasteiger partial charge < -0.3 is 16.0 Å². The summed E-state index contributed by atoms with van der Waals surface area (Å²) in [4.78, 5) is 17.3. The highest BCUT2D eigenvalue weighted by molar-refractivity contribution is 5.81. The van der Waals surface area contributed by atoms with E-state index in [2.05, 4.69) is 10.3 Å². The van der Waals surface area contributed by atoms with Gasteiger partial charge in [0.25, 0.3) is 0 Å². The molecule has 0 aliphatic carbocycles. The Kier molecular flexibility index (Phi) is 4.10. The molecule has 0 saturated carbocycles. The number of aryl methyl sites for hydroxylation is 1. The molecule has 0 radical (unpaired) electrons. The van der Waals surface area contributed by atoms with Crippen LogP contribution in [0.1, 0.15) is 12.5 Å². The van der Waals surface area contributed by atoms with Gasteiger partial charge in [-0.1, -0.05) is 0 Å². The average Bonchev–Trinajstić information content (AvgIpc) is 2.26. The summed E-state index contributed by atoms with van der Waals surface area (Å²) in [7, 11) is 1.76. The van der Waals surface area contributed by atoms with Crippen molar-refractivity contribution in [1.29, 1.82) is 0 Å². The predicted octanol–water partition coefficient (Wildman–Crippen LogP) is 0.862. The zero-order valence-electron chi connectivity index (χ0n) is 9.95. The van der Waals surface area contributed by atoms with E-state index < -0.39 is 0 Å². The summed E-state index contributed by atoms with van der Waals surface area (Å²) in [5.41, 5.74) is 7.33. The molecule has 0 fully saturated rings. The number of hydrogen-bond donors (Lipinski definition) is 2. The number of nitrogens with zero attached hydrogens (tertiary/aromatic N) is 2. The van der Waals surface area contributed by atoms with E-state index in [9.17, 15) is 4.79 Å². The minimum atomic E-state index is 0.0178. The van der Waals surface area contributed by atoms with Crippen LogP contribution in [0.4, 0.5) is 11.5 Å². The summed E-state index contributed by atoms with van der Waals surface area (Å²) in [6.07, 6.45) is 1.71. The number of rotatable bonds is 4. The predicted molar refractivity (Wildman–Crippen MR) is 65.2 cm³/mol. The highest BCUT2D eigenvalue weighted by Crippen LogP contribution is 2.15. The van der Waals surface area contributed by atoms with Crippen molar-refractivity contribution < 1.29 is 4.79 Å². The maximum absolute atomic E-state index is 11.5. The molecule has 1 amide bonds. The highest BCUT2D eigenvalue weighted by Gasteiger charge is 2.07. The fourth-order valence-corrected chi connectivity index (χ4v) is 1.21. The molecule has 0 unspecified atom stereocenters. The van der Waals surface area contributed by atoms with E-state index >= 15 is 0 Å². The van der Waals surface area contributed by atoms with Gasteiger partial charge in [0.2, 0.25) is 5.91 Å². The van der Waals surface area contributed by atoms with Crippen LogP contribution in [0.5, 0.6) is 0 Å². The molecular formula is C11H18N4O. The van der Waals surface area contributed by atoms with Gasteiger partial charge in [0.05, 0.1) is 12.2 Å². The number of nitrogen functional groups attached to an aromatic ring is 1. The number of likely N-dealkylation sites (N-methyl/N-ethyl adjacent to an activating group) is 1. The first-order valence-corrected chi connectivity index (χ1v) is 5.24. The van der Waals surface area contributed by atoms with Crippen molar-refractivity contribution in [3.8, 4) is 0 Å². The minimum absolute atomic E-state index is 0.0178. The summed E-state index contributed by atoms with van der Waals surface area (Å²) in [6.45, 7) is 4.75. The third kappa shape index (κ3) is 3.12. The number of pyridine rings is 1. The van der Waals surface area contributed by atoms with Crippen molar-refractivity contribution in [2.75, 3.05) is 31.2 Å². The van der Waals surface area contributed by atoms with E-state index in [4.69, 9.17) is 5.73 Å². The molecule has 0 spiro atoms. The molecule has 16 heavy (non-hydrogen) atoms. The van der Waals surface area contributed by atoms with Crippen LogP contribution in [0.2, 0.25) is 0 Å². The van der Waals surface area contributed by atoms with Crippen LogP contribution in [-0.4, -0.2) is 35.9 Å². The first-order valence-electron chi connectivity index (χ1n) is 5.24. The van der Waals surface area contributed by atoms with Crippen LogP contribution in [0.15, 0.2) is 12.3 Å². The largest absolute Gasteiger partial charge is 0.396 e. The van der Waals surface area contributed by atoms with E-state index in [1.165, 1.54) is 0 Å². The zero-order chi connectivity index (χ0) is 12.1. The van der Waals surface area contributed by atoms with Crippen molar-refractivity contribution in [3.05, 3.63) is 17.8 Å². The van der Waals surface area contributed by atoms with Gasteiger partial charge in [-0.3, -0.25) is 4.79 Å². The number of carbonyl (C=O) groups is 1. The lowest BCUT2D eigenvalue weighted by Gasteiger charge is -2.15. The lowest BCUT2D eigenvalue weighted by atomic mass is 10.3. The van der Waals surface area contributed by atoms with E-state index in [0.29, 0.717) is 18.1 Å². The van der Waals surface area contributed by atoms with Gasteiger partial charge in [0.15, 0.2) is 0 Å². The lowest BCUT2D eigenvalue weighted by Crippen LogP contribution is -2.32. The Hall–Kier alpha value is -1.78. The van der Waals surface area contributed by atoms with Crippen molar-refractivity contribution in [3.63, 3.8) is 0 Å². The summed E-state index contributed by atoms with van der Waals surface area (Å²) >= 11 is 0. The monoisotopic (exact) mass is 222 g/mol. The Morgan fingerprint density at radius 3 is 2.88 bits per heavy atom. The van der Waals surface area contributed by atoms with Crippen molar-refractivity contribution in [2.24, 2.45) is 0 Å². The third-order valence-corrected chi connectivity index (χ3v) is 2.36. The molecule has 0 aliphatic rings. The Bertz CT molecular complexity index is 378. The Labute approximate surface area is 95.7 Å². The Morgan fingerprint density at radius 2 is 2.31 bits per heavy atom. The second-order valence-electron chi connectivity index (χ2n) is 3.71. The molecule has 1 heterocycles. The first kappa shape index (κ1) is 12.3. The Morgan fingerprint density at radius 1 is 1.62 bits per heavy atom. The maximum Gasteiger partial charge on any atom is 0.241 e. The van der Waals surface area contributed by atoms with E-state index in [0.717, 1.165) is 5.56 Å². The topological polar surface area (TPSA) is 71.2 Å². The van der Waals surface area contributed by atoms with E-state index in [1.54, 1.807) is 18.1 Å². The van der Waals surface area contributed by atoms with Crippen LogP contribution in [0, 0.1) is 6.92 Å². The summed E-state index contributed by atoms with van der Waals surface area (Å²) in [6, 6.07) is 1.82.